The van der Waals surface area contributed by atoms with Gasteiger partial charge in [0.15, 0.2) is 0 Å². The van der Waals surface area contributed by atoms with Gasteiger partial charge in [-0.15, -0.1) is 0 Å². The van der Waals surface area contributed by atoms with Gasteiger partial charge in [-0.25, -0.2) is 4.79 Å². The maximum absolute atomic E-state index is 13.3. The number of para-hydroxylation sites is 1. The van der Waals surface area contributed by atoms with Crippen LogP contribution in [0.5, 0.6) is 0 Å². The normalized spacial score (nSPS) is 17.6. The van der Waals surface area contributed by atoms with E-state index < -0.39 is 17.2 Å². The number of piperidine rings is 1. The maximum atomic E-state index is 13.3. The summed E-state index contributed by atoms with van der Waals surface area (Å²) in [4.78, 5) is 42.5. The topological polar surface area (TPSA) is 96.8 Å². The Labute approximate surface area is 203 Å². The minimum absolute atomic E-state index is 0.0180. The maximum Gasteiger partial charge on any atom is 0.435 e. The summed E-state index contributed by atoms with van der Waals surface area (Å²) in [5.74, 6) is -0.0825. The van der Waals surface area contributed by atoms with E-state index in [-0.39, 0.29) is 11.8 Å². The number of likely N-dealkylation sites (tertiary alicyclic amines) is 1. The SMILES string of the molecule is CC(C)(C)OC(=O)n1ncc2cc(C(=O)N3CCC4(CC3)C(=O)NCN4c3ccccc3)ccc21. The summed E-state index contributed by atoms with van der Waals surface area (Å²) in [6, 6.07) is 15.1. The second-order valence-corrected chi connectivity index (χ2v) is 10.1. The molecule has 2 amide bonds. The number of fused-ring (bicyclic) bond motifs is 1. The number of anilines is 1. The standard InChI is InChI=1S/C26H29N5O4/c1-25(2,3)35-24(34)31-21-10-9-18(15-19(21)16-28-31)22(32)29-13-11-26(12-14-29)23(33)27-17-30(26)20-7-5-4-6-8-20/h4-10,15-16H,11-14,17H2,1-3H3,(H,27,33). The fraction of sp³-hybridized carbons (Fsp3) is 0.385. The lowest BCUT2D eigenvalue weighted by atomic mass is 9.85. The number of carbonyl (C=O) groups excluding carboxylic acids is 3. The molecule has 2 fully saturated rings. The number of hydrogen-bond acceptors (Lipinski definition) is 6. The van der Waals surface area contributed by atoms with E-state index in [9.17, 15) is 14.4 Å². The summed E-state index contributed by atoms with van der Waals surface area (Å²) in [7, 11) is 0. The van der Waals surface area contributed by atoms with Gasteiger partial charge in [0.05, 0.1) is 18.4 Å². The first kappa shape index (κ1) is 22.9. The molecule has 2 aromatic carbocycles. The Hall–Kier alpha value is -3.88. The molecule has 0 bridgehead atoms. The molecule has 2 saturated heterocycles. The van der Waals surface area contributed by atoms with E-state index in [1.165, 1.54) is 4.68 Å². The number of hydrogen-bond donors (Lipinski definition) is 1. The summed E-state index contributed by atoms with van der Waals surface area (Å²) in [5.41, 5.74) is 0.820. The van der Waals surface area contributed by atoms with Crippen molar-refractivity contribution in [3.8, 4) is 0 Å². The molecule has 1 N–H and O–H groups in total. The van der Waals surface area contributed by atoms with Crippen LogP contribution in [0, 0.1) is 0 Å². The van der Waals surface area contributed by atoms with Crippen molar-refractivity contribution in [1.82, 2.24) is 20.0 Å². The van der Waals surface area contributed by atoms with Crippen molar-refractivity contribution in [3.63, 3.8) is 0 Å². The van der Waals surface area contributed by atoms with Crippen LogP contribution in [0.4, 0.5) is 10.5 Å². The van der Waals surface area contributed by atoms with E-state index in [2.05, 4.69) is 15.3 Å². The Morgan fingerprint density at radius 3 is 2.46 bits per heavy atom. The van der Waals surface area contributed by atoms with Gasteiger partial charge in [0.25, 0.3) is 5.91 Å². The zero-order valence-electron chi connectivity index (χ0n) is 20.2. The third-order valence-corrected chi connectivity index (χ3v) is 6.66. The van der Waals surface area contributed by atoms with Crippen molar-refractivity contribution >= 4 is 34.5 Å². The fourth-order valence-electron chi connectivity index (χ4n) is 4.91. The van der Waals surface area contributed by atoms with Crippen molar-refractivity contribution in [1.29, 1.82) is 0 Å². The Morgan fingerprint density at radius 2 is 1.77 bits per heavy atom. The third-order valence-electron chi connectivity index (χ3n) is 6.66. The number of ether oxygens (including phenoxy) is 1. The van der Waals surface area contributed by atoms with Gasteiger partial charge in [0.1, 0.15) is 11.1 Å². The Bertz CT molecular complexity index is 1290. The number of nitrogens with one attached hydrogen (secondary N) is 1. The molecule has 0 unspecified atom stereocenters. The van der Waals surface area contributed by atoms with Crippen molar-refractivity contribution in [2.75, 3.05) is 24.7 Å². The number of amides is 2. The molecule has 35 heavy (non-hydrogen) atoms. The van der Waals surface area contributed by atoms with Crippen molar-refractivity contribution in [3.05, 3.63) is 60.3 Å². The lowest BCUT2D eigenvalue weighted by Gasteiger charge is -2.43. The lowest BCUT2D eigenvalue weighted by molar-refractivity contribution is -0.124. The van der Waals surface area contributed by atoms with Gasteiger partial charge in [-0.3, -0.25) is 9.59 Å². The van der Waals surface area contributed by atoms with Gasteiger partial charge in [0.2, 0.25) is 5.91 Å². The van der Waals surface area contributed by atoms with Crippen molar-refractivity contribution in [2.45, 2.75) is 44.8 Å². The molecule has 0 saturated carbocycles. The number of carbonyl (C=O) groups is 3. The van der Waals surface area contributed by atoms with E-state index in [4.69, 9.17) is 4.74 Å². The van der Waals surface area contributed by atoms with Crippen LogP contribution < -0.4 is 10.2 Å². The average Bonchev–Trinajstić information content (AvgIpc) is 3.40. The second kappa shape index (κ2) is 8.41. The van der Waals surface area contributed by atoms with Crippen molar-refractivity contribution in [2.24, 2.45) is 0 Å². The lowest BCUT2D eigenvalue weighted by Crippen LogP contribution is -2.57. The third kappa shape index (κ3) is 4.11. The van der Waals surface area contributed by atoms with Crippen LogP contribution in [0.15, 0.2) is 54.7 Å². The molecule has 1 spiro atoms. The first-order valence-corrected chi connectivity index (χ1v) is 11.8. The Morgan fingerprint density at radius 1 is 1.06 bits per heavy atom. The van der Waals surface area contributed by atoms with E-state index in [1.807, 2.05) is 30.3 Å². The molecule has 3 aromatic rings. The van der Waals surface area contributed by atoms with E-state index in [0.29, 0.717) is 49.1 Å². The van der Waals surface area contributed by atoms with E-state index >= 15 is 0 Å². The fourth-order valence-corrected chi connectivity index (χ4v) is 4.91. The molecule has 2 aliphatic rings. The summed E-state index contributed by atoms with van der Waals surface area (Å²) in [6.45, 7) is 6.81. The molecule has 2 aliphatic heterocycles. The average molecular weight is 476 g/mol. The van der Waals surface area contributed by atoms with Crippen LogP contribution in [0.3, 0.4) is 0 Å². The summed E-state index contributed by atoms with van der Waals surface area (Å²) in [5, 5.41) is 7.82. The highest BCUT2D eigenvalue weighted by molar-refractivity contribution is 6.00. The molecule has 9 heteroatoms. The van der Waals surface area contributed by atoms with Gasteiger partial charge in [-0.05, 0) is 63.9 Å². The number of nitrogens with zero attached hydrogens (tertiary/aromatic N) is 4. The van der Waals surface area contributed by atoms with Gasteiger partial charge in [0, 0.05) is 29.7 Å². The molecule has 9 nitrogen and oxygen atoms in total. The van der Waals surface area contributed by atoms with E-state index in [0.717, 1.165) is 5.69 Å². The minimum Gasteiger partial charge on any atom is -0.442 e. The predicted octanol–water partition coefficient (Wildman–Crippen LogP) is 3.39. The molecule has 3 heterocycles. The molecule has 182 valence electrons. The van der Waals surface area contributed by atoms with Gasteiger partial charge < -0.3 is 19.9 Å². The van der Waals surface area contributed by atoms with Crippen molar-refractivity contribution < 1.29 is 19.1 Å². The largest absolute Gasteiger partial charge is 0.442 e. The summed E-state index contributed by atoms with van der Waals surface area (Å²) < 4.78 is 6.61. The molecule has 0 radical (unpaired) electrons. The van der Waals surface area contributed by atoms with E-state index in [1.54, 1.807) is 50.1 Å². The number of benzene rings is 2. The quantitative estimate of drug-likeness (QED) is 0.610. The molecular weight excluding hydrogens is 446 g/mol. The molecule has 0 atom stereocenters. The summed E-state index contributed by atoms with van der Waals surface area (Å²) >= 11 is 0. The van der Waals surface area contributed by atoms with Crippen LogP contribution in [0.25, 0.3) is 10.9 Å². The molecular formula is C26H29N5O4. The Balaban J connectivity index is 1.32. The number of aromatic nitrogens is 2. The predicted molar refractivity (Wildman–Crippen MR) is 131 cm³/mol. The van der Waals surface area contributed by atoms with Crippen LogP contribution >= 0.6 is 0 Å². The van der Waals surface area contributed by atoms with Crippen LogP contribution in [-0.2, 0) is 9.53 Å². The second-order valence-electron chi connectivity index (χ2n) is 10.1. The molecule has 1 aromatic heterocycles. The molecule has 5 rings (SSSR count). The highest BCUT2D eigenvalue weighted by Gasteiger charge is 2.50. The molecule has 0 aliphatic carbocycles. The first-order valence-electron chi connectivity index (χ1n) is 11.8. The number of rotatable bonds is 2. The van der Waals surface area contributed by atoms with Gasteiger partial charge >= 0.3 is 6.09 Å². The smallest absolute Gasteiger partial charge is 0.435 e. The van der Waals surface area contributed by atoms with Crippen LogP contribution in [-0.4, -0.2) is 63.5 Å². The van der Waals surface area contributed by atoms with Crippen LogP contribution in [0.1, 0.15) is 44.0 Å². The zero-order valence-corrected chi connectivity index (χ0v) is 20.2. The minimum atomic E-state index is -0.642. The monoisotopic (exact) mass is 475 g/mol. The zero-order chi connectivity index (χ0) is 24.8. The highest BCUT2D eigenvalue weighted by Crippen LogP contribution is 2.36. The summed E-state index contributed by atoms with van der Waals surface area (Å²) in [6.07, 6.45) is 2.10. The highest BCUT2D eigenvalue weighted by atomic mass is 16.6. The van der Waals surface area contributed by atoms with Gasteiger partial charge in [-0.2, -0.15) is 9.78 Å². The van der Waals surface area contributed by atoms with Gasteiger partial charge in [-0.1, -0.05) is 18.2 Å². The first-order chi connectivity index (χ1) is 16.7. The Kier molecular flexibility index (Phi) is 5.50. The van der Waals surface area contributed by atoms with Crippen LogP contribution in [0.2, 0.25) is 0 Å².